The fourth-order valence-electron chi connectivity index (χ4n) is 1.66. The first-order valence-electron chi connectivity index (χ1n) is 4.74. The molecule has 0 aliphatic carbocycles. The minimum absolute atomic E-state index is 0.0900. The van der Waals surface area contributed by atoms with Crippen molar-refractivity contribution in [3.8, 4) is 5.88 Å². The third kappa shape index (κ3) is 1.32. The topological polar surface area (TPSA) is 27.1 Å². The van der Waals surface area contributed by atoms with Crippen molar-refractivity contribution in [1.82, 2.24) is 9.78 Å². The van der Waals surface area contributed by atoms with Crippen LogP contribution in [0.2, 0.25) is 0 Å². The quantitative estimate of drug-likeness (QED) is 0.662. The molecule has 0 saturated carbocycles. The summed E-state index contributed by atoms with van der Waals surface area (Å²) in [5.74, 6) is 1.44. The lowest BCUT2D eigenvalue weighted by molar-refractivity contribution is 0.134. The number of rotatable bonds is 1. The summed E-state index contributed by atoms with van der Waals surface area (Å²) < 4.78 is 7.78. The number of aromatic nitrogens is 2. The van der Waals surface area contributed by atoms with Crippen LogP contribution in [0.1, 0.15) is 39.2 Å². The van der Waals surface area contributed by atoms with E-state index in [9.17, 15) is 0 Å². The summed E-state index contributed by atoms with van der Waals surface area (Å²) >= 11 is 0. The summed E-state index contributed by atoms with van der Waals surface area (Å²) in [5, 5.41) is 4.31. The molecule has 1 aromatic rings. The zero-order valence-corrected chi connectivity index (χ0v) is 8.66. The van der Waals surface area contributed by atoms with Gasteiger partial charge in [-0.1, -0.05) is 13.8 Å². The van der Waals surface area contributed by atoms with Crippen LogP contribution in [0.5, 0.6) is 5.88 Å². The highest BCUT2D eigenvalue weighted by Gasteiger charge is 2.33. The Labute approximate surface area is 78.7 Å². The van der Waals surface area contributed by atoms with Crippen LogP contribution in [0, 0.1) is 0 Å². The van der Waals surface area contributed by atoms with Gasteiger partial charge in [-0.3, -0.25) is 0 Å². The van der Waals surface area contributed by atoms with E-state index in [0.717, 1.165) is 12.4 Å². The van der Waals surface area contributed by atoms with E-state index in [4.69, 9.17) is 4.74 Å². The summed E-state index contributed by atoms with van der Waals surface area (Å²) in [6.45, 7) is 9.35. The van der Waals surface area contributed by atoms with Crippen molar-refractivity contribution in [3.63, 3.8) is 0 Å². The van der Waals surface area contributed by atoms with Crippen LogP contribution in [0.3, 0.4) is 0 Å². The molecule has 1 aliphatic heterocycles. The summed E-state index contributed by atoms with van der Waals surface area (Å²) in [6.07, 6.45) is 1.91. The molecule has 2 rings (SSSR count). The van der Waals surface area contributed by atoms with Crippen LogP contribution in [-0.2, 0) is 6.54 Å². The van der Waals surface area contributed by atoms with E-state index < -0.39 is 0 Å². The molecule has 1 aliphatic rings. The first-order valence-corrected chi connectivity index (χ1v) is 4.74. The van der Waals surface area contributed by atoms with Crippen molar-refractivity contribution in [2.45, 2.75) is 45.8 Å². The normalized spacial score (nSPS) is 18.8. The molecule has 0 radical (unpaired) electrons. The van der Waals surface area contributed by atoms with Crippen LogP contribution in [-0.4, -0.2) is 15.4 Å². The van der Waals surface area contributed by atoms with Gasteiger partial charge >= 0.3 is 0 Å². The molecular weight excluding hydrogens is 164 g/mol. The molecule has 3 heteroatoms. The number of hydrogen-bond donors (Lipinski definition) is 0. The highest BCUT2D eigenvalue weighted by molar-refractivity contribution is 5.30. The average molecular weight is 180 g/mol. The predicted octanol–water partition coefficient (Wildman–Crippen LogP) is 2.18. The van der Waals surface area contributed by atoms with Crippen molar-refractivity contribution in [2.75, 3.05) is 0 Å². The van der Waals surface area contributed by atoms with Crippen molar-refractivity contribution in [1.29, 1.82) is 0 Å². The zero-order valence-electron chi connectivity index (χ0n) is 8.66. The Hall–Kier alpha value is -0.990. The molecule has 0 amide bonds. The Morgan fingerprint density at radius 2 is 2.23 bits per heavy atom. The van der Waals surface area contributed by atoms with Crippen LogP contribution in [0.25, 0.3) is 0 Å². The standard InChI is InChI=1S/C10H16N2O/c1-7(2)8-5-11-12-6-10(3,4)13-9(8)12/h5,7H,6H2,1-4H3. The molecule has 0 N–H and O–H groups in total. The predicted molar refractivity (Wildman–Crippen MR) is 51.0 cm³/mol. The Bertz CT molecular complexity index is 326. The highest BCUT2D eigenvalue weighted by atomic mass is 16.5. The van der Waals surface area contributed by atoms with Crippen molar-refractivity contribution in [2.24, 2.45) is 0 Å². The van der Waals surface area contributed by atoms with Gasteiger partial charge in [0, 0.05) is 5.56 Å². The molecular formula is C10H16N2O. The zero-order chi connectivity index (χ0) is 9.64. The van der Waals surface area contributed by atoms with Gasteiger partial charge in [-0.2, -0.15) is 5.10 Å². The van der Waals surface area contributed by atoms with E-state index in [1.165, 1.54) is 5.56 Å². The summed E-state index contributed by atoms with van der Waals surface area (Å²) in [4.78, 5) is 0. The first-order chi connectivity index (χ1) is 5.99. The molecule has 0 unspecified atom stereocenters. The fraction of sp³-hybridized carbons (Fsp3) is 0.700. The fourth-order valence-corrected chi connectivity index (χ4v) is 1.66. The van der Waals surface area contributed by atoms with E-state index >= 15 is 0 Å². The molecule has 0 fully saturated rings. The van der Waals surface area contributed by atoms with E-state index in [1.54, 1.807) is 0 Å². The van der Waals surface area contributed by atoms with Gasteiger partial charge in [0.1, 0.15) is 5.60 Å². The molecule has 0 atom stereocenters. The van der Waals surface area contributed by atoms with Crippen molar-refractivity contribution in [3.05, 3.63) is 11.8 Å². The molecule has 0 saturated heterocycles. The average Bonchev–Trinajstić information content (AvgIpc) is 2.41. The number of ether oxygens (including phenoxy) is 1. The Morgan fingerprint density at radius 1 is 1.54 bits per heavy atom. The van der Waals surface area contributed by atoms with Gasteiger partial charge in [0.2, 0.25) is 5.88 Å². The molecule has 0 spiro atoms. The van der Waals surface area contributed by atoms with Gasteiger partial charge in [-0.15, -0.1) is 0 Å². The maximum Gasteiger partial charge on any atom is 0.216 e. The van der Waals surface area contributed by atoms with Crippen molar-refractivity contribution >= 4 is 0 Å². The maximum atomic E-state index is 5.83. The third-order valence-corrected chi connectivity index (χ3v) is 2.34. The lowest BCUT2D eigenvalue weighted by atomic mass is 10.1. The lowest BCUT2D eigenvalue weighted by Gasteiger charge is -2.16. The van der Waals surface area contributed by atoms with Gasteiger partial charge in [-0.25, -0.2) is 4.68 Å². The minimum atomic E-state index is -0.0900. The number of hydrogen-bond acceptors (Lipinski definition) is 2. The van der Waals surface area contributed by atoms with Crippen LogP contribution in [0.4, 0.5) is 0 Å². The van der Waals surface area contributed by atoms with Crippen LogP contribution < -0.4 is 4.74 Å². The maximum absolute atomic E-state index is 5.83. The van der Waals surface area contributed by atoms with E-state index in [1.807, 2.05) is 10.9 Å². The van der Waals surface area contributed by atoms with E-state index in [0.29, 0.717) is 5.92 Å². The second-order valence-electron chi connectivity index (χ2n) is 4.58. The first kappa shape index (κ1) is 8.60. The third-order valence-electron chi connectivity index (χ3n) is 2.34. The summed E-state index contributed by atoms with van der Waals surface area (Å²) in [5.41, 5.74) is 1.12. The molecule has 13 heavy (non-hydrogen) atoms. The molecule has 0 aromatic carbocycles. The second-order valence-corrected chi connectivity index (χ2v) is 4.58. The lowest BCUT2D eigenvalue weighted by Crippen LogP contribution is -2.26. The monoisotopic (exact) mass is 180 g/mol. The largest absolute Gasteiger partial charge is 0.470 e. The Kier molecular flexibility index (Phi) is 1.65. The summed E-state index contributed by atoms with van der Waals surface area (Å²) in [6, 6.07) is 0. The SMILES string of the molecule is CC(C)c1cnn2c1OC(C)(C)C2. The Morgan fingerprint density at radius 3 is 2.85 bits per heavy atom. The Balaban J connectivity index is 2.38. The second kappa shape index (κ2) is 2.50. The number of fused-ring (bicyclic) bond motifs is 1. The van der Waals surface area contributed by atoms with Gasteiger partial charge in [0.25, 0.3) is 0 Å². The van der Waals surface area contributed by atoms with Crippen LogP contribution in [0.15, 0.2) is 6.20 Å². The van der Waals surface area contributed by atoms with Crippen molar-refractivity contribution < 1.29 is 4.74 Å². The van der Waals surface area contributed by atoms with Gasteiger partial charge in [-0.05, 0) is 19.8 Å². The minimum Gasteiger partial charge on any atom is -0.470 e. The van der Waals surface area contributed by atoms with E-state index in [-0.39, 0.29) is 5.60 Å². The van der Waals surface area contributed by atoms with Gasteiger partial charge < -0.3 is 4.74 Å². The highest BCUT2D eigenvalue weighted by Crippen LogP contribution is 2.34. The smallest absolute Gasteiger partial charge is 0.216 e. The van der Waals surface area contributed by atoms with E-state index in [2.05, 4.69) is 32.8 Å². The molecule has 2 heterocycles. The van der Waals surface area contributed by atoms with Gasteiger partial charge in [0.15, 0.2) is 0 Å². The molecule has 72 valence electrons. The summed E-state index contributed by atoms with van der Waals surface area (Å²) in [7, 11) is 0. The molecule has 0 bridgehead atoms. The van der Waals surface area contributed by atoms with Crippen LogP contribution >= 0.6 is 0 Å². The molecule has 1 aromatic heterocycles. The molecule has 3 nitrogen and oxygen atoms in total. The van der Waals surface area contributed by atoms with Gasteiger partial charge in [0.05, 0.1) is 12.7 Å². The number of nitrogens with zero attached hydrogens (tertiary/aromatic N) is 2.